The van der Waals surface area contributed by atoms with E-state index < -0.39 is 0 Å². The Morgan fingerprint density at radius 3 is 2.80 bits per heavy atom. The zero-order chi connectivity index (χ0) is 11.2. The summed E-state index contributed by atoms with van der Waals surface area (Å²) in [6.45, 7) is 1.87. The smallest absolute Gasteiger partial charge is 0.253 e. The Morgan fingerprint density at radius 2 is 2.20 bits per heavy atom. The summed E-state index contributed by atoms with van der Waals surface area (Å²) in [4.78, 5) is 11.5. The Bertz CT molecular complexity index is 606. The minimum absolute atomic E-state index is 0.0174. The standard InChI is InChI=1S/C10H12N4O/c1-6-5-14-4-3-7(15)13(2)10(14)8(6)9(11)12/h3-5H,1-2H3,(H3,11,12). The highest BCUT2D eigenvalue weighted by Gasteiger charge is 2.12. The Balaban J connectivity index is 3.02. The van der Waals surface area contributed by atoms with Crippen LogP contribution >= 0.6 is 0 Å². The number of hydrogen-bond donors (Lipinski definition) is 2. The van der Waals surface area contributed by atoms with E-state index in [1.807, 2.05) is 13.1 Å². The van der Waals surface area contributed by atoms with E-state index in [1.165, 1.54) is 10.6 Å². The van der Waals surface area contributed by atoms with Gasteiger partial charge in [-0.3, -0.25) is 14.8 Å². The second kappa shape index (κ2) is 2.98. The SMILES string of the molecule is Cc1cn2ccc(=O)n(C)c2c1C(=N)N. The summed E-state index contributed by atoms with van der Waals surface area (Å²) in [7, 11) is 1.67. The van der Waals surface area contributed by atoms with E-state index in [1.54, 1.807) is 17.6 Å². The van der Waals surface area contributed by atoms with Crippen molar-refractivity contribution in [2.75, 3.05) is 0 Å². The van der Waals surface area contributed by atoms with Crippen molar-refractivity contribution >= 4 is 11.5 Å². The second-order valence-electron chi connectivity index (χ2n) is 3.54. The van der Waals surface area contributed by atoms with Gasteiger partial charge in [0.1, 0.15) is 11.5 Å². The van der Waals surface area contributed by atoms with Gasteiger partial charge >= 0.3 is 0 Å². The van der Waals surface area contributed by atoms with Gasteiger partial charge in [0.25, 0.3) is 5.56 Å². The number of rotatable bonds is 1. The number of nitrogens with two attached hydrogens (primary N) is 1. The number of aryl methyl sites for hydroxylation is 2. The van der Waals surface area contributed by atoms with Gasteiger partial charge in [0, 0.05) is 25.5 Å². The van der Waals surface area contributed by atoms with Gasteiger partial charge in [0.2, 0.25) is 0 Å². The highest BCUT2D eigenvalue weighted by molar-refractivity contribution is 6.02. The molecule has 5 heteroatoms. The van der Waals surface area contributed by atoms with Crippen molar-refractivity contribution in [2.24, 2.45) is 12.8 Å². The van der Waals surface area contributed by atoms with E-state index in [0.29, 0.717) is 11.2 Å². The first kappa shape index (κ1) is 9.51. The van der Waals surface area contributed by atoms with Gasteiger partial charge < -0.3 is 10.1 Å². The number of nitrogens with zero attached hydrogens (tertiary/aromatic N) is 2. The summed E-state index contributed by atoms with van der Waals surface area (Å²) in [5.74, 6) is -0.0174. The van der Waals surface area contributed by atoms with E-state index >= 15 is 0 Å². The summed E-state index contributed by atoms with van der Waals surface area (Å²) in [5.41, 5.74) is 7.56. The minimum atomic E-state index is -0.108. The molecule has 0 spiro atoms. The lowest BCUT2D eigenvalue weighted by Crippen LogP contribution is -2.20. The van der Waals surface area contributed by atoms with Gasteiger partial charge in [-0.05, 0) is 12.5 Å². The third-order valence-electron chi connectivity index (χ3n) is 2.49. The molecule has 0 aliphatic carbocycles. The maximum Gasteiger partial charge on any atom is 0.253 e. The normalized spacial score (nSPS) is 10.8. The molecule has 0 bridgehead atoms. The van der Waals surface area contributed by atoms with E-state index in [4.69, 9.17) is 11.1 Å². The van der Waals surface area contributed by atoms with Gasteiger partial charge in [-0.25, -0.2) is 0 Å². The molecule has 2 aromatic heterocycles. The van der Waals surface area contributed by atoms with Crippen LogP contribution in [0, 0.1) is 12.3 Å². The zero-order valence-corrected chi connectivity index (χ0v) is 8.61. The molecule has 3 N–H and O–H groups in total. The topological polar surface area (TPSA) is 76.3 Å². The van der Waals surface area contributed by atoms with Crippen LogP contribution in [-0.2, 0) is 7.05 Å². The molecule has 0 saturated carbocycles. The molecule has 0 aromatic carbocycles. The van der Waals surface area contributed by atoms with Crippen LogP contribution in [0.5, 0.6) is 0 Å². The fourth-order valence-electron chi connectivity index (χ4n) is 1.79. The number of aromatic nitrogens is 2. The van der Waals surface area contributed by atoms with Crippen LogP contribution in [0.1, 0.15) is 11.1 Å². The van der Waals surface area contributed by atoms with E-state index in [2.05, 4.69) is 0 Å². The fourth-order valence-corrected chi connectivity index (χ4v) is 1.79. The fraction of sp³-hybridized carbons (Fsp3) is 0.200. The van der Waals surface area contributed by atoms with E-state index in [0.717, 1.165) is 5.56 Å². The van der Waals surface area contributed by atoms with Crippen LogP contribution < -0.4 is 11.3 Å². The first-order valence-corrected chi connectivity index (χ1v) is 4.54. The maximum atomic E-state index is 11.5. The maximum absolute atomic E-state index is 11.5. The van der Waals surface area contributed by atoms with Crippen molar-refractivity contribution < 1.29 is 0 Å². The quantitative estimate of drug-likeness (QED) is 0.515. The third-order valence-corrected chi connectivity index (χ3v) is 2.49. The number of nitrogen functional groups attached to an aromatic ring is 1. The highest BCUT2D eigenvalue weighted by atomic mass is 16.1. The molecule has 0 unspecified atom stereocenters. The molecule has 2 heterocycles. The third kappa shape index (κ3) is 1.24. The van der Waals surface area contributed by atoms with Gasteiger partial charge in [-0.2, -0.15) is 0 Å². The lowest BCUT2D eigenvalue weighted by Gasteiger charge is -2.04. The Morgan fingerprint density at radius 1 is 1.53 bits per heavy atom. The van der Waals surface area contributed by atoms with Crippen LogP contribution in [0.25, 0.3) is 5.65 Å². The average molecular weight is 204 g/mol. The molecule has 78 valence electrons. The van der Waals surface area contributed by atoms with Crippen LogP contribution in [-0.4, -0.2) is 14.8 Å². The molecule has 0 amide bonds. The van der Waals surface area contributed by atoms with Crippen molar-refractivity contribution in [2.45, 2.75) is 6.92 Å². The van der Waals surface area contributed by atoms with Crippen LogP contribution in [0.4, 0.5) is 0 Å². The van der Waals surface area contributed by atoms with E-state index in [-0.39, 0.29) is 11.4 Å². The molecule has 0 atom stereocenters. The van der Waals surface area contributed by atoms with Crippen LogP contribution in [0.2, 0.25) is 0 Å². The van der Waals surface area contributed by atoms with Crippen molar-refractivity contribution in [1.29, 1.82) is 5.41 Å². The highest BCUT2D eigenvalue weighted by Crippen LogP contribution is 2.15. The monoisotopic (exact) mass is 204 g/mol. The number of hydrogen-bond acceptors (Lipinski definition) is 2. The number of fused-ring (bicyclic) bond motifs is 1. The molecule has 5 nitrogen and oxygen atoms in total. The van der Waals surface area contributed by atoms with Gasteiger partial charge in [0.05, 0.1) is 5.56 Å². The van der Waals surface area contributed by atoms with Crippen molar-refractivity contribution in [3.8, 4) is 0 Å². The predicted octanol–water partition coefficient (Wildman–Crippen LogP) is 0.230. The van der Waals surface area contributed by atoms with Crippen LogP contribution in [0.15, 0.2) is 23.3 Å². The molecule has 0 aliphatic rings. The molecule has 0 radical (unpaired) electrons. The largest absolute Gasteiger partial charge is 0.384 e. The Labute approximate surface area is 86.3 Å². The lowest BCUT2D eigenvalue weighted by atomic mass is 10.2. The van der Waals surface area contributed by atoms with Crippen molar-refractivity contribution in [1.82, 2.24) is 8.97 Å². The summed E-state index contributed by atoms with van der Waals surface area (Å²) in [5, 5.41) is 7.49. The minimum Gasteiger partial charge on any atom is -0.384 e. The molecular formula is C10H12N4O. The van der Waals surface area contributed by atoms with Crippen molar-refractivity contribution in [3.05, 3.63) is 39.9 Å². The molecular weight excluding hydrogens is 192 g/mol. The van der Waals surface area contributed by atoms with Gasteiger partial charge in [-0.15, -0.1) is 0 Å². The number of nitrogens with one attached hydrogen (secondary N) is 1. The lowest BCUT2D eigenvalue weighted by molar-refractivity contribution is 0.858. The number of amidine groups is 1. The molecule has 2 aromatic rings. The molecule has 2 rings (SSSR count). The van der Waals surface area contributed by atoms with Crippen molar-refractivity contribution in [3.63, 3.8) is 0 Å². The summed E-state index contributed by atoms with van der Waals surface area (Å²) in [6, 6.07) is 1.48. The van der Waals surface area contributed by atoms with Crippen LogP contribution in [0.3, 0.4) is 0 Å². The summed E-state index contributed by atoms with van der Waals surface area (Å²) >= 11 is 0. The Hall–Kier alpha value is -2.04. The molecule has 15 heavy (non-hydrogen) atoms. The summed E-state index contributed by atoms with van der Waals surface area (Å²) < 4.78 is 3.29. The van der Waals surface area contributed by atoms with Gasteiger partial charge in [-0.1, -0.05) is 0 Å². The second-order valence-corrected chi connectivity index (χ2v) is 3.54. The molecule has 0 aliphatic heterocycles. The Kier molecular flexibility index (Phi) is 1.89. The summed E-state index contributed by atoms with van der Waals surface area (Å²) in [6.07, 6.45) is 3.53. The molecule has 0 saturated heterocycles. The average Bonchev–Trinajstić information content (AvgIpc) is 2.49. The zero-order valence-electron chi connectivity index (χ0n) is 8.61. The molecule has 0 fully saturated rings. The van der Waals surface area contributed by atoms with E-state index in [9.17, 15) is 4.79 Å². The van der Waals surface area contributed by atoms with Gasteiger partial charge in [0.15, 0.2) is 0 Å². The first-order valence-electron chi connectivity index (χ1n) is 4.54. The predicted molar refractivity (Wildman–Crippen MR) is 58.4 cm³/mol. The first-order chi connectivity index (χ1) is 7.02.